The number of aromatic nitrogens is 2. The molecule has 36 heavy (non-hydrogen) atoms. The standard InChI is InChI=1S/C25H18Cl2F2N4O3/c26-18-2-1-3-19(27)22(18)24-23-16(6-7-33(24)36)17(15-5-4-14(28)12-20(15)29)13-21(30-23)31-8-10-32(11-9-31)25(34)35/h1-7,12-13H,8-11H2,(H,34,35). The average Bonchev–Trinajstić information content (AvgIpc) is 2.84. The Morgan fingerprint density at radius 3 is 2.33 bits per heavy atom. The summed E-state index contributed by atoms with van der Waals surface area (Å²) < 4.78 is 29.2. The van der Waals surface area contributed by atoms with Gasteiger partial charge in [0.2, 0.25) is 0 Å². The number of halogens is 4. The molecule has 2 aromatic heterocycles. The summed E-state index contributed by atoms with van der Waals surface area (Å²) in [6.07, 6.45) is 0.244. The summed E-state index contributed by atoms with van der Waals surface area (Å²) in [5, 5.41) is 23.2. The van der Waals surface area contributed by atoms with Crippen LogP contribution in [0.1, 0.15) is 0 Å². The summed E-state index contributed by atoms with van der Waals surface area (Å²) in [5.41, 5.74) is 1.08. The molecule has 2 aromatic carbocycles. The highest BCUT2D eigenvalue weighted by atomic mass is 35.5. The van der Waals surface area contributed by atoms with Crippen LogP contribution < -0.4 is 9.63 Å². The topological polar surface area (TPSA) is 83.6 Å². The number of carbonyl (C=O) groups is 1. The number of piperazine rings is 1. The van der Waals surface area contributed by atoms with Crippen LogP contribution in [0, 0.1) is 16.8 Å². The van der Waals surface area contributed by atoms with Crippen molar-refractivity contribution in [2.45, 2.75) is 0 Å². The lowest BCUT2D eigenvalue weighted by Gasteiger charge is -2.34. The fourth-order valence-corrected chi connectivity index (χ4v) is 4.96. The van der Waals surface area contributed by atoms with Crippen molar-refractivity contribution >= 4 is 46.0 Å². The van der Waals surface area contributed by atoms with Gasteiger partial charge in [0.15, 0.2) is 6.20 Å². The molecule has 0 bridgehead atoms. The van der Waals surface area contributed by atoms with Gasteiger partial charge >= 0.3 is 6.09 Å². The van der Waals surface area contributed by atoms with E-state index in [4.69, 9.17) is 28.2 Å². The second kappa shape index (κ2) is 9.40. The van der Waals surface area contributed by atoms with Crippen LogP contribution in [0.15, 0.2) is 54.7 Å². The Labute approximate surface area is 214 Å². The summed E-state index contributed by atoms with van der Waals surface area (Å²) in [6, 6.07) is 11.3. The predicted molar refractivity (Wildman–Crippen MR) is 133 cm³/mol. The number of hydrogen-bond donors (Lipinski definition) is 1. The first-order valence-corrected chi connectivity index (χ1v) is 11.7. The molecule has 1 fully saturated rings. The van der Waals surface area contributed by atoms with Crippen molar-refractivity contribution in [3.8, 4) is 22.4 Å². The third-order valence-electron chi connectivity index (χ3n) is 6.16. The van der Waals surface area contributed by atoms with E-state index in [-0.39, 0.29) is 45.5 Å². The zero-order chi connectivity index (χ0) is 25.6. The van der Waals surface area contributed by atoms with Gasteiger partial charge in [0.1, 0.15) is 23.0 Å². The van der Waals surface area contributed by atoms with Crippen molar-refractivity contribution in [2.24, 2.45) is 0 Å². The minimum atomic E-state index is -1.02. The lowest BCUT2D eigenvalue weighted by atomic mass is 9.98. The quantitative estimate of drug-likeness (QED) is 0.276. The van der Waals surface area contributed by atoms with Gasteiger partial charge in [0.25, 0.3) is 5.69 Å². The minimum Gasteiger partial charge on any atom is -0.618 e. The third-order valence-corrected chi connectivity index (χ3v) is 6.79. The third kappa shape index (κ3) is 4.25. The molecule has 0 radical (unpaired) electrons. The second-order valence-corrected chi connectivity index (χ2v) is 9.07. The van der Waals surface area contributed by atoms with E-state index >= 15 is 0 Å². The monoisotopic (exact) mass is 530 g/mol. The van der Waals surface area contributed by atoms with Crippen molar-refractivity contribution in [2.75, 3.05) is 31.1 Å². The van der Waals surface area contributed by atoms with Gasteiger partial charge in [-0.05, 0) is 35.9 Å². The molecule has 11 heteroatoms. The van der Waals surface area contributed by atoms with Crippen LogP contribution in [0.2, 0.25) is 10.0 Å². The highest BCUT2D eigenvalue weighted by molar-refractivity contribution is 6.39. The molecule has 3 heterocycles. The maximum Gasteiger partial charge on any atom is 0.407 e. The van der Waals surface area contributed by atoms with Crippen LogP contribution in [0.3, 0.4) is 0 Å². The maximum absolute atomic E-state index is 15.0. The number of nitrogens with zero attached hydrogens (tertiary/aromatic N) is 4. The number of carboxylic acid groups (broad SMARTS) is 1. The number of benzene rings is 2. The molecule has 4 aromatic rings. The first-order valence-electron chi connectivity index (χ1n) is 10.9. The van der Waals surface area contributed by atoms with E-state index in [0.29, 0.717) is 34.6 Å². The molecule has 1 amide bonds. The van der Waals surface area contributed by atoms with Crippen LogP contribution in [0.5, 0.6) is 0 Å². The zero-order valence-electron chi connectivity index (χ0n) is 18.6. The Balaban J connectivity index is 1.79. The zero-order valence-corrected chi connectivity index (χ0v) is 20.1. The van der Waals surface area contributed by atoms with Crippen LogP contribution in [-0.4, -0.2) is 47.3 Å². The Kier molecular flexibility index (Phi) is 6.27. The van der Waals surface area contributed by atoms with E-state index in [1.54, 1.807) is 24.3 Å². The smallest absolute Gasteiger partial charge is 0.407 e. The lowest BCUT2D eigenvalue weighted by Crippen LogP contribution is -2.48. The molecular formula is C25H18Cl2F2N4O3. The highest BCUT2D eigenvalue weighted by Crippen LogP contribution is 2.40. The number of fused-ring (bicyclic) bond motifs is 1. The molecule has 7 nitrogen and oxygen atoms in total. The van der Waals surface area contributed by atoms with Crippen molar-refractivity contribution in [3.63, 3.8) is 0 Å². The number of hydrogen-bond acceptors (Lipinski definition) is 4. The van der Waals surface area contributed by atoms with Gasteiger partial charge in [-0.25, -0.2) is 18.6 Å². The lowest BCUT2D eigenvalue weighted by molar-refractivity contribution is -0.592. The molecule has 1 aliphatic heterocycles. The molecule has 0 spiro atoms. The van der Waals surface area contributed by atoms with Crippen LogP contribution >= 0.6 is 23.2 Å². The van der Waals surface area contributed by atoms with E-state index in [2.05, 4.69) is 0 Å². The molecule has 0 saturated carbocycles. The predicted octanol–water partition coefficient (Wildman–Crippen LogP) is 5.59. The fourth-order valence-electron chi connectivity index (χ4n) is 4.38. The van der Waals surface area contributed by atoms with Gasteiger partial charge in [-0.15, -0.1) is 0 Å². The van der Waals surface area contributed by atoms with E-state index in [0.717, 1.165) is 12.1 Å². The first kappa shape index (κ1) is 24.0. The Morgan fingerprint density at radius 2 is 1.69 bits per heavy atom. The molecule has 1 N–H and O–H groups in total. The van der Waals surface area contributed by atoms with E-state index in [1.807, 2.05) is 4.90 Å². The van der Waals surface area contributed by atoms with Crippen LogP contribution in [-0.2, 0) is 0 Å². The number of amides is 1. The molecule has 1 aliphatic rings. The Morgan fingerprint density at radius 1 is 1.00 bits per heavy atom. The van der Waals surface area contributed by atoms with Crippen LogP contribution in [0.4, 0.5) is 19.4 Å². The number of rotatable bonds is 3. The van der Waals surface area contributed by atoms with E-state index < -0.39 is 17.7 Å². The molecule has 0 unspecified atom stereocenters. The van der Waals surface area contributed by atoms with Gasteiger partial charge in [-0.1, -0.05) is 29.3 Å². The largest absolute Gasteiger partial charge is 0.618 e. The normalized spacial score (nSPS) is 13.9. The SMILES string of the molecule is O=C(O)N1CCN(c2cc(-c3ccc(F)cc3F)c3cc[n+]([O-])c(-c4c(Cl)cccc4Cl)c3n2)CC1. The van der Waals surface area contributed by atoms with Gasteiger partial charge in [-0.3, -0.25) is 0 Å². The molecular weight excluding hydrogens is 513 g/mol. The molecule has 1 saturated heterocycles. The maximum atomic E-state index is 15.0. The molecule has 0 aliphatic carbocycles. The van der Waals surface area contributed by atoms with Crippen LogP contribution in [0.25, 0.3) is 33.3 Å². The van der Waals surface area contributed by atoms with E-state index in [1.165, 1.54) is 23.2 Å². The minimum absolute atomic E-state index is 0.0814. The molecule has 0 atom stereocenters. The summed E-state index contributed by atoms with van der Waals surface area (Å²) in [5.74, 6) is -1.09. The molecule has 5 rings (SSSR count). The second-order valence-electron chi connectivity index (χ2n) is 8.26. The van der Waals surface area contributed by atoms with Crippen molar-refractivity contribution in [3.05, 3.63) is 81.6 Å². The van der Waals surface area contributed by atoms with Gasteiger partial charge in [0, 0.05) is 49.3 Å². The van der Waals surface area contributed by atoms with Crippen molar-refractivity contribution in [1.82, 2.24) is 9.88 Å². The van der Waals surface area contributed by atoms with Gasteiger partial charge in [0.05, 0.1) is 15.6 Å². The molecule has 184 valence electrons. The number of pyridine rings is 2. The van der Waals surface area contributed by atoms with Crippen molar-refractivity contribution in [1.29, 1.82) is 0 Å². The highest BCUT2D eigenvalue weighted by Gasteiger charge is 2.27. The average molecular weight is 531 g/mol. The first-order chi connectivity index (χ1) is 17.2. The van der Waals surface area contributed by atoms with Gasteiger partial charge < -0.3 is 20.1 Å². The summed E-state index contributed by atoms with van der Waals surface area (Å²) in [7, 11) is 0. The summed E-state index contributed by atoms with van der Waals surface area (Å²) in [4.78, 5) is 19.2. The number of anilines is 1. The van der Waals surface area contributed by atoms with E-state index in [9.17, 15) is 23.9 Å². The van der Waals surface area contributed by atoms with Crippen molar-refractivity contribution < 1.29 is 23.4 Å². The van der Waals surface area contributed by atoms with Gasteiger partial charge in [-0.2, -0.15) is 4.73 Å². The Hall–Kier alpha value is -3.69. The fraction of sp³-hybridized carbons (Fsp3) is 0.160. The summed E-state index contributed by atoms with van der Waals surface area (Å²) >= 11 is 12.9. The Bertz CT molecular complexity index is 1490. The summed E-state index contributed by atoms with van der Waals surface area (Å²) in [6.45, 7) is 1.16.